The Labute approximate surface area is 164 Å². The number of carbonyl (C=O) groups excluding carboxylic acids is 1. The molecule has 0 unspecified atom stereocenters. The summed E-state index contributed by atoms with van der Waals surface area (Å²) in [6.07, 6.45) is 5.42. The van der Waals surface area contributed by atoms with E-state index in [4.69, 9.17) is 4.74 Å². The van der Waals surface area contributed by atoms with Crippen molar-refractivity contribution in [3.05, 3.63) is 71.9 Å². The minimum Gasteiger partial charge on any atom is -0.378 e. The first-order chi connectivity index (χ1) is 13.7. The molecule has 1 fully saturated rings. The molecule has 1 aliphatic heterocycles. The Hall–Kier alpha value is -3.19. The number of anilines is 1. The van der Waals surface area contributed by atoms with Gasteiger partial charge in [0.1, 0.15) is 11.6 Å². The molecule has 0 radical (unpaired) electrons. The van der Waals surface area contributed by atoms with Gasteiger partial charge in [-0.05, 0) is 30.7 Å². The maximum absolute atomic E-state index is 12.9. The number of nitrogens with zero attached hydrogens (tertiary/aromatic N) is 4. The zero-order chi connectivity index (χ0) is 19.3. The second kappa shape index (κ2) is 8.22. The molecule has 2 aromatic heterocycles. The number of morpholine rings is 1. The molecule has 7 nitrogen and oxygen atoms in total. The van der Waals surface area contributed by atoms with Gasteiger partial charge in [-0.25, -0.2) is 9.97 Å². The Kier molecular flexibility index (Phi) is 5.34. The van der Waals surface area contributed by atoms with Crippen LogP contribution >= 0.6 is 0 Å². The number of hydrogen-bond donors (Lipinski definition) is 1. The van der Waals surface area contributed by atoms with Gasteiger partial charge in [0.15, 0.2) is 0 Å². The number of aryl methyl sites for hydroxylation is 1. The fourth-order valence-corrected chi connectivity index (χ4v) is 3.40. The lowest BCUT2D eigenvalue weighted by Crippen LogP contribution is -2.38. The number of aromatic nitrogens is 3. The van der Waals surface area contributed by atoms with Gasteiger partial charge < -0.3 is 19.5 Å². The minimum absolute atomic E-state index is 0.133. The molecule has 1 saturated heterocycles. The summed E-state index contributed by atoms with van der Waals surface area (Å²) < 4.78 is 7.43. The van der Waals surface area contributed by atoms with Crippen LogP contribution < -0.4 is 10.2 Å². The van der Waals surface area contributed by atoms with Gasteiger partial charge in [-0.15, -0.1) is 0 Å². The van der Waals surface area contributed by atoms with Crippen molar-refractivity contribution in [2.75, 3.05) is 31.2 Å². The number of nitrogens with one attached hydrogen (secondary N) is 1. The number of imidazole rings is 1. The number of carbonyl (C=O) groups is 1. The highest BCUT2D eigenvalue weighted by atomic mass is 16.5. The molecular formula is C21H23N5O2. The van der Waals surface area contributed by atoms with Crippen molar-refractivity contribution in [1.82, 2.24) is 19.9 Å². The number of para-hydroxylation sites is 1. The van der Waals surface area contributed by atoms with Crippen molar-refractivity contribution >= 4 is 11.7 Å². The highest BCUT2D eigenvalue weighted by molar-refractivity contribution is 5.98. The minimum atomic E-state index is -0.133. The van der Waals surface area contributed by atoms with E-state index in [1.807, 2.05) is 48.0 Å². The first-order valence-electron chi connectivity index (χ1n) is 9.38. The first kappa shape index (κ1) is 18.2. The third-order valence-electron chi connectivity index (χ3n) is 4.86. The SMILES string of the molecule is Cc1nccn1-c1ccccc1CNC(=O)c1cccnc1N1CCOCC1. The Morgan fingerprint density at radius 3 is 2.71 bits per heavy atom. The van der Waals surface area contributed by atoms with Crippen molar-refractivity contribution in [1.29, 1.82) is 0 Å². The van der Waals surface area contributed by atoms with Gasteiger partial charge in [0.25, 0.3) is 5.91 Å². The summed E-state index contributed by atoms with van der Waals surface area (Å²) in [6.45, 7) is 5.15. The summed E-state index contributed by atoms with van der Waals surface area (Å²) in [7, 11) is 0. The molecular weight excluding hydrogens is 354 g/mol. The van der Waals surface area contributed by atoms with Gasteiger partial charge in [0.05, 0.1) is 24.5 Å². The third kappa shape index (κ3) is 3.75. The molecule has 0 spiro atoms. The second-order valence-corrected chi connectivity index (χ2v) is 6.63. The van der Waals surface area contributed by atoms with Crippen molar-refractivity contribution in [3.8, 4) is 5.69 Å². The number of hydrogen-bond acceptors (Lipinski definition) is 5. The van der Waals surface area contributed by atoms with E-state index in [2.05, 4.69) is 20.2 Å². The fraction of sp³-hybridized carbons (Fsp3) is 0.286. The van der Waals surface area contributed by atoms with Crippen LogP contribution in [0, 0.1) is 6.92 Å². The lowest BCUT2D eigenvalue weighted by molar-refractivity contribution is 0.0949. The van der Waals surface area contributed by atoms with Crippen molar-refractivity contribution in [2.45, 2.75) is 13.5 Å². The Morgan fingerprint density at radius 1 is 1.11 bits per heavy atom. The highest BCUT2D eigenvalue weighted by Gasteiger charge is 2.20. The Morgan fingerprint density at radius 2 is 1.93 bits per heavy atom. The summed E-state index contributed by atoms with van der Waals surface area (Å²) in [6, 6.07) is 11.6. The van der Waals surface area contributed by atoms with Crippen LogP contribution in [0.5, 0.6) is 0 Å². The first-order valence-corrected chi connectivity index (χ1v) is 9.38. The van der Waals surface area contributed by atoms with Crippen LogP contribution in [0.25, 0.3) is 5.69 Å². The van der Waals surface area contributed by atoms with Crippen LogP contribution in [0.3, 0.4) is 0 Å². The zero-order valence-electron chi connectivity index (χ0n) is 15.8. The van der Waals surface area contributed by atoms with Gasteiger partial charge in [-0.2, -0.15) is 0 Å². The summed E-state index contributed by atoms with van der Waals surface area (Å²) in [5.74, 6) is 1.48. The molecule has 1 amide bonds. The number of benzene rings is 1. The fourth-order valence-electron chi connectivity index (χ4n) is 3.40. The second-order valence-electron chi connectivity index (χ2n) is 6.63. The van der Waals surface area contributed by atoms with Gasteiger partial charge in [-0.3, -0.25) is 4.79 Å². The molecule has 0 aliphatic carbocycles. The van der Waals surface area contributed by atoms with Gasteiger partial charge in [0.2, 0.25) is 0 Å². The van der Waals surface area contributed by atoms with Crippen LogP contribution in [0.2, 0.25) is 0 Å². The smallest absolute Gasteiger partial charge is 0.255 e. The van der Waals surface area contributed by atoms with E-state index in [-0.39, 0.29) is 5.91 Å². The van der Waals surface area contributed by atoms with E-state index in [0.717, 1.165) is 30.2 Å². The van der Waals surface area contributed by atoms with Crippen molar-refractivity contribution < 1.29 is 9.53 Å². The predicted molar refractivity (Wildman–Crippen MR) is 107 cm³/mol. The molecule has 1 aromatic carbocycles. The standard InChI is InChI=1S/C21H23N5O2/c1-16-22-9-10-26(16)19-7-3-2-5-17(19)15-24-21(27)18-6-4-8-23-20(18)25-11-13-28-14-12-25/h2-10H,11-15H2,1H3,(H,24,27). The van der Waals surface area contributed by atoms with E-state index in [0.29, 0.717) is 31.1 Å². The number of ether oxygens (including phenoxy) is 1. The Bertz CT molecular complexity index is 963. The molecule has 28 heavy (non-hydrogen) atoms. The molecule has 7 heteroatoms. The largest absolute Gasteiger partial charge is 0.378 e. The highest BCUT2D eigenvalue weighted by Crippen LogP contribution is 2.20. The molecule has 4 rings (SSSR count). The number of rotatable bonds is 5. The van der Waals surface area contributed by atoms with E-state index in [9.17, 15) is 4.79 Å². The maximum Gasteiger partial charge on any atom is 0.255 e. The lowest BCUT2D eigenvalue weighted by atomic mass is 10.1. The summed E-state index contributed by atoms with van der Waals surface area (Å²) >= 11 is 0. The summed E-state index contributed by atoms with van der Waals surface area (Å²) in [5, 5.41) is 3.05. The van der Waals surface area contributed by atoms with Crippen molar-refractivity contribution in [2.24, 2.45) is 0 Å². The van der Waals surface area contributed by atoms with Gasteiger partial charge in [0, 0.05) is 38.2 Å². The average Bonchev–Trinajstić information content (AvgIpc) is 3.18. The zero-order valence-corrected chi connectivity index (χ0v) is 15.8. The van der Waals surface area contributed by atoms with Crippen molar-refractivity contribution in [3.63, 3.8) is 0 Å². The van der Waals surface area contributed by atoms with E-state index < -0.39 is 0 Å². The molecule has 3 aromatic rings. The van der Waals surface area contributed by atoms with Crippen LogP contribution in [-0.4, -0.2) is 46.7 Å². The van der Waals surface area contributed by atoms with E-state index in [1.165, 1.54) is 0 Å². The lowest BCUT2D eigenvalue weighted by Gasteiger charge is -2.29. The molecule has 1 aliphatic rings. The van der Waals surface area contributed by atoms with Gasteiger partial charge in [-0.1, -0.05) is 18.2 Å². The Balaban J connectivity index is 1.53. The summed E-state index contributed by atoms with van der Waals surface area (Å²) in [4.78, 5) is 23.8. The number of pyridine rings is 1. The van der Waals surface area contributed by atoms with Crippen LogP contribution in [0.15, 0.2) is 55.0 Å². The van der Waals surface area contributed by atoms with Crippen LogP contribution in [-0.2, 0) is 11.3 Å². The molecule has 144 valence electrons. The predicted octanol–water partition coefficient (Wildman–Crippen LogP) is 2.34. The van der Waals surface area contributed by atoms with Crippen LogP contribution in [0.4, 0.5) is 5.82 Å². The van der Waals surface area contributed by atoms with E-state index in [1.54, 1.807) is 18.5 Å². The molecule has 0 bridgehead atoms. The number of amides is 1. The topological polar surface area (TPSA) is 72.3 Å². The maximum atomic E-state index is 12.9. The summed E-state index contributed by atoms with van der Waals surface area (Å²) in [5.41, 5.74) is 2.62. The molecule has 3 heterocycles. The molecule has 0 atom stereocenters. The molecule has 1 N–H and O–H groups in total. The normalized spacial score (nSPS) is 14.1. The quantitative estimate of drug-likeness (QED) is 0.739. The van der Waals surface area contributed by atoms with E-state index >= 15 is 0 Å². The third-order valence-corrected chi connectivity index (χ3v) is 4.86. The van der Waals surface area contributed by atoms with Gasteiger partial charge >= 0.3 is 0 Å². The molecule has 0 saturated carbocycles. The van der Waals surface area contributed by atoms with Crippen LogP contribution in [0.1, 0.15) is 21.7 Å². The monoisotopic (exact) mass is 377 g/mol. The average molecular weight is 377 g/mol.